The van der Waals surface area contributed by atoms with E-state index >= 15 is 0 Å². The second-order valence-corrected chi connectivity index (χ2v) is 5.19. The second-order valence-electron chi connectivity index (χ2n) is 5.19. The Labute approximate surface area is 118 Å². The summed E-state index contributed by atoms with van der Waals surface area (Å²) in [6.45, 7) is 1.20. The van der Waals surface area contributed by atoms with Crippen LogP contribution in [0.3, 0.4) is 0 Å². The molecular formula is C16H17N3O. The predicted molar refractivity (Wildman–Crippen MR) is 77.4 cm³/mol. The highest BCUT2D eigenvalue weighted by molar-refractivity contribution is 5.71. The van der Waals surface area contributed by atoms with E-state index in [1.807, 2.05) is 12.1 Å². The van der Waals surface area contributed by atoms with Crippen LogP contribution in [0.25, 0.3) is 12.2 Å². The van der Waals surface area contributed by atoms with Gasteiger partial charge in [0.1, 0.15) is 11.8 Å². The van der Waals surface area contributed by atoms with Gasteiger partial charge >= 0.3 is 0 Å². The molecule has 1 aromatic rings. The van der Waals surface area contributed by atoms with Crippen molar-refractivity contribution in [1.29, 1.82) is 5.26 Å². The summed E-state index contributed by atoms with van der Waals surface area (Å²) in [5.74, 6) is 0. The summed E-state index contributed by atoms with van der Waals surface area (Å²) < 4.78 is 0. The van der Waals surface area contributed by atoms with Crippen LogP contribution in [-0.2, 0) is 0 Å². The molecule has 1 N–H and O–H groups in total. The van der Waals surface area contributed by atoms with Gasteiger partial charge in [0.05, 0.1) is 12.6 Å². The Kier molecular flexibility index (Phi) is 3.53. The van der Waals surface area contributed by atoms with Gasteiger partial charge < -0.3 is 10.0 Å². The minimum Gasteiger partial charge on any atom is -0.394 e. The molecule has 0 amide bonds. The molecule has 1 aromatic heterocycles. The van der Waals surface area contributed by atoms with Crippen LogP contribution in [-0.4, -0.2) is 34.2 Å². The lowest BCUT2D eigenvalue weighted by atomic mass is 10.1. The second kappa shape index (κ2) is 5.48. The zero-order valence-corrected chi connectivity index (χ0v) is 11.3. The van der Waals surface area contributed by atoms with Crippen LogP contribution in [0.5, 0.6) is 0 Å². The van der Waals surface area contributed by atoms with E-state index in [-0.39, 0.29) is 12.6 Å². The van der Waals surface area contributed by atoms with Gasteiger partial charge in [0.15, 0.2) is 0 Å². The number of aromatic nitrogens is 1. The van der Waals surface area contributed by atoms with Gasteiger partial charge in [-0.25, -0.2) is 4.98 Å². The molecule has 0 spiro atoms. The van der Waals surface area contributed by atoms with Gasteiger partial charge in [0.2, 0.25) is 0 Å². The van der Waals surface area contributed by atoms with Crippen LogP contribution in [0.15, 0.2) is 24.0 Å². The van der Waals surface area contributed by atoms with Crippen molar-refractivity contribution < 1.29 is 5.11 Å². The van der Waals surface area contributed by atoms with E-state index in [0.717, 1.165) is 36.9 Å². The average molecular weight is 267 g/mol. The number of rotatable bonds is 2. The standard InChI is InChI=1S/C16H17N3O/c17-10-16-15-5-1-3-13(9-12(15)6-7-18-16)19-8-2-4-14(19)11-20/h1,5-7,9,14,20H,2-4,8,11H2/t14-/m1/s1. The number of hydrogen-bond acceptors (Lipinski definition) is 4. The lowest BCUT2D eigenvalue weighted by Crippen LogP contribution is -2.31. The molecule has 0 radical (unpaired) electrons. The van der Waals surface area contributed by atoms with Gasteiger partial charge in [0.25, 0.3) is 0 Å². The molecule has 0 unspecified atom stereocenters. The van der Waals surface area contributed by atoms with Gasteiger partial charge in [-0.3, -0.25) is 0 Å². The molecule has 3 rings (SSSR count). The maximum Gasteiger partial charge on any atom is 0.148 e. The quantitative estimate of drug-likeness (QED) is 0.892. The third kappa shape index (κ3) is 2.21. The normalized spacial score (nSPS) is 21.1. The maximum atomic E-state index is 9.47. The number of pyridine rings is 1. The van der Waals surface area contributed by atoms with Crippen molar-refractivity contribution in [2.45, 2.75) is 25.3 Å². The topological polar surface area (TPSA) is 60.2 Å². The molecule has 1 atom stereocenters. The molecule has 1 saturated heterocycles. The summed E-state index contributed by atoms with van der Waals surface area (Å²) in [6.07, 6.45) is 10.9. The molecular weight excluding hydrogens is 250 g/mol. The van der Waals surface area contributed by atoms with Crippen LogP contribution >= 0.6 is 0 Å². The number of aliphatic hydroxyl groups excluding tert-OH is 1. The van der Waals surface area contributed by atoms with E-state index in [1.165, 1.54) is 5.70 Å². The first-order valence-corrected chi connectivity index (χ1v) is 6.97. The van der Waals surface area contributed by atoms with Crippen molar-refractivity contribution in [3.05, 3.63) is 40.9 Å². The van der Waals surface area contributed by atoms with E-state index in [1.54, 1.807) is 6.20 Å². The van der Waals surface area contributed by atoms with Gasteiger partial charge in [-0.1, -0.05) is 12.2 Å². The van der Waals surface area contributed by atoms with Crippen molar-refractivity contribution in [1.82, 2.24) is 9.88 Å². The van der Waals surface area contributed by atoms with Crippen LogP contribution in [0.1, 0.15) is 36.1 Å². The van der Waals surface area contributed by atoms with E-state index in [9.17, 15) is 5.11 Å². The number of fused-ring (bicyclic) bond motifs is 1. The molecule has 102 valence electrons. The number of hydrogen-bond donors (Lipinski definition) is 1. The van der Waals surface area contributed by atoms with E-state index in [4.69, 9.17) is 5.26 Å². The predicted octanol–water partition coefficient (Wildman–Crippen LogP) is 2.17. The molecule has 0 bridgehead atoms. The monoisotopic (exact) mass is 267 g/mol. The number of nitrogens with zero attached hydrogens (tertiary/aromatic N) is 3. The molecule has 20 heavy (non-hydrogen) atoms. The Morgan fingerprint density at radius 2 is 2.40 bits per heavy atom. The fraction of sp³-hybridized carbons (Fsp3) is 0.375. The minimum atomic E-state index is 0.202. The van der Waals surface area contributed by atoms with Crippen molar-refractivity contribution >= 4 is 12.2 Å². The highest BCUT2D eigenvalue weighted by atomic mass is 16.3. The van der Waals surface area contributed by atoms with Crippen molar-refractivity contribution in [3.63, 3.8) is 0 Å². The number of allylic oxidation sites excluding steroid dienone is 1. The van der Waals surface area contributed by atoms with E-state index in [0.29, 0.717) is 5.69 Å². The third-order valence-corrected chi connectivity index (χ3v) is 4.02. The smallest absolute Gasteiger partial charge is 0.148 e. The largest absolute Gasteiger partial charge is 0.394 e. The number of nitriles is 1. The molecule has 4 heteroatoms. The van der Waals surface area contributed by atoms with Crippen molar-refractivity contribution in [3.8, 4) is 6.07 Å². The Bertz CT molecular complexity index is 613. The van der Waals surface area contributed by atoms with Gasteiger partial charge in [-0.05, 0) is 30.5 Å². The van der Waals surface area contributed by atoms with E-state index in [2.05, 4.69) is 28.1 Å². The first-order chi connectivity index (χ1) is 9.83. The highest BCUT2D eigenvalue weighted by Gasteiger charge is 2.25. The first kappa shape index (κ1) is 12.9. The lowest BCUT2D eigenvalue weighted by molar-refractivity contribution is 0.185. The Morgan fingerprint density at radius 3 is 3.20 bits per heavy atom. The first-order valence-electron chi connectivity index (χ1n) is 6.97. The number of likely N-dealkylation sites (tertiary alicyclic amines) is 1. The molecule has 2 heterocycles. The summed E-state index contributed by atoms with van der Waals surface area (Å²) in [6, 6.07) is 4.31. The Hall–Kier alpha value is -2.12. The van der Waals surface area contributed by atoms with Crippen molar-refractivity contribution in [2.24, 2.45) is 0 Å². The van der Waals surface area contributed by atoms with Crippen molar-refractivity contribution in [2.75, 3.05) is 13.2 Å². The fourth-order valence-electron chi connectivity index (χ4n) is 3.02. The summed E-state index contributed by atoms with van der Waals surface area (Å²) >= 11 is 0. The van der Waals surface area contributed by atoms with Crippen LogP contribution in [0.2, 0.25) is 0 Å². The summed E-state index contributed by atoms with van der Waals surface area (Å²) in [5, 5.41) is 18.6. The molecule has 1 aliphatic heterocycles. The third-order valence-electron chi connectivity index (χ3n) is 4.02. The fourth-order valence-corrected chi connectivity index (χ4v) is 3.02. The minimum absolute atomic E-state index is 0.202. The Morgan fingerprint density at radius 1 is 1.50 bits per heavy atom. The van der Waals surface area contributed by atoms with Crippen LogP contribution in [0, 0.1) is 11.3 Å². The molecule has 0 saturated carbocycles. The average Bonchev–Trinajstić information content (AvgIpc) is 2.85. The molecule has 4 nitrogen and oxygen atoms in total. The summed E-state index contributed by atoms with van der Waals surface area (Å²) in [7, 11) is 0. The van der Waals surface area contributed by atoms with Gasteiger partial charge in [-0.2, -0.15) is 5.26 Å². The SMILES string of the molecule is N#Cc1nccc2c1C=CCC(N1CCC[C@@H]1CO)=C2. The van der Waals surface area contributed by atoms with Gasteiger partial charge in [-0.15, -0.1) is 0 Å². The van der Waals surface area contributed by atoms with Crippen LogP contribution in [0.4, 0.5) is 0 Å². The molecule has 0 aromatic carbocycles. The Balaban J connectivity index is 2.01. The zero-order valence-electron chi connectivity index (χ0n) is 11.3. The van der Waals surface area contributed by atoms with Crippen LogP contribution < -0.4 is 0 Å². The highest BCUT2D eigenvalue weighted by Crippen LogP contribution is 2.29. The summed E-state index contributed by atoms with van der Waals surface area (Å²) in [5.41, 5.74) is 3.61. The number of aliphatic hydroxyl groups is 1. The molecule has 1 aliphatic carbocycles. The summed E-state index contributed by atoms with van der Waals surface area (Å²) in [4.78, 5) is 6.41. The van der Waals surface area contributed by atoms with E-state index < -0.39 is 0 Å². The lowest BCUT2D eigenvalue weighted by Gasteiger charge is -2.27. The zero-order chi connectivity index (χ0) is 13.9. The molecule has 1 fully saturated rings. The van der Waals surface area contributed by atoms with Gasteiger partial charge in [0, 0.05) is 30.4 Å². The molecule has 2 aliphatic rings. The maximum absolute atomic E-state index is 9.47.